The normalized spacial score (nSPS) is 19.2. The molecule has 4 rings (SSSR count). The third-order valence-electron chi connectivity index (χ3n) is 6.15. The van der Waals surface area contributed by atoms with Gasteiger partial charge in [0, 0.05) is 26.2 Å². The first-order valence-corrected chi connectivity index (χ1v) is 10.9. The van der Waals surface area contributed by atoms with Crippen LogP contribution in [0.15, 0.2) is 54.2 Å². The summed E-state index contributed by atoms with van der Waals surface area (Å²) in [5.74, 6) is -0.296. The van der Waals surface area contributed by atoms with Gasteiger partial charge >= 0.3 is 0 Å². The fourth-order valence-corrected chi connectivity index (χ4v) is 4.39. The molecule has 2 aliphatic rings. The van der Waals surface area contributed by atoms with Gasteiger partial charge in [0.15, 0.2) is 0 Å². The molecule has 32 heavy (non-hydrogen) atoms. The number of amides is 2. The molecule has 2 amide bonds. The molecule has 0 saturated carbocycles. The van der Waals surface area contributed by atoms with Gasteiger partial charge in [0.05, 0.1) is 12.7 Å². The number of ether oxygens (including phenoxy) is 1. The molecule has 2 aromatic carbocycles. The minimum absolute atomic E-state index is 0.0407. The number of nitrogens with zero attached hydrogens (tertiary/aromatic N) is 2. The smallest absolute Gasteiger partial charge is 0.277 e. The molecular weight excluding hydrogens is 411 g/mol. The van der Waals surface area contributed by atoms with E-state index in [-0.39, 0.29) is 30.9 Å². The molecule has 1 N–H and O–H groups in total. The summed E-state index contributed by atoms with van der Waals surface area (Å²) in [5.41, 5.74) is 2.18. The van der Waals surface area contributed by atoms with E-state index >= 15 is 0 Å². The van der Waals surface area contributed by atoms with Crippen molar-refractivity contribution in [1.29, 1.82) is 0 Å². The van der Waals surface area contributed by atoms with E-state index in [0.717, 1.165) is 24.2 Å². The number of methoxy groups -OCH3 is 1. The zero-order valence-corrected chi connectivity index (χ0v) is 18.1. The second-order valence-corrected chi connectivity index (χ2v) is 8.23. The summed E-state index contributed by atoms with van der Waals surface area (Å²) in [7, 11) is 1.60. The van der Waals surface area contributed by atoms with Crippen molar-refractivity contribution < 1.29 is 23.8 Å². The van der Waals surface area contributed by atoms with Gasteiger partial charge < -0.3 is 14.7 Å². The summed E-state index contributed by atoms with van der Waals surface area (Å²) in [4.78, 5) is 30.0. The zero-order chi connectivity index (χ0) is 22.7. The Kier molecular flexibility index (Phi) is 6.55. The van der Waals surface area contributed by atoms with Crippen LogP contribution < -0.4 is 4.74 Å². The minimum Gasteiger partial charge on any atom is -0.497 e. The maximum absolute atomic E-state index is 13.5. The van der Waals surface area contributed by atoms with Gasteiger partial charge in [-0.25, -0.2) is 4.39 Å². The summed E-state index contributed by atoms with van der Waals surface area (Å²) in [6.07, 6.45) is 2.24. The maximum Gasteiger partial charge on any atom is 0.277 e. The topological polar surface area (TPSA) is 70.1 Å². The van der Waals surface area contributed by atoms with Crippen molar-refractivity contribution in [3.8, 4) is 5.75 Å². The highest BCUT2D eigenvalue weighted by molar-refractivity contribution is 6.35. The lowest BCUT2D eigenvalue weighted by Crippen LogP contribution is -2.41. The number of imide groups is 1. The van der Waals surface area contributed by atoms with Gasteiger partial charge in [0.2, 0.25) is 0 Å². The summed E-state index contributed by atoms with van der Waals surface area (Å²) in [5, 5.41) is 9.63. The number of aliphatic hydroxyl groups excluding tert-OH is 1. The van der Waals surface area contributed by atoms with E-state index in [0.29, 0.717) is 36.3 Å². The van der Waals surface area contributed by atoms with Gasteiger partial charge in [-0.1, -0.05) is 24.3 Å². The number of halogens is 1. The fourth-order valence-electron chi connectivity index (χ4n) is 4.39. The van der Waals surface area contributed by atoms with Gasteiger partial charge in [-0.15, -0.1) is 0 Å². The lowest BCUT2D eigenvalue weighted by molar-refractivity contribution is -0.137. The van der Waals surface area contributed by atoms with Gasteiger partial charge in [-0.2, -0.15) is 0 Å². The van der Waals surface area contributed by atoms with Gasteiger partial charge in [0.25, 0.3) is 11.8 Å². The highest BCUT2D eigenvalue weighted by Crippen LogP contribution is 2.34. The van der Waals surface area contributed by atoms with E-state index < -0.39 is 5.82 Å². The van der Waals surface area contributed by atoms with E-state index in [1.807, 2.05) is 29.2 Å². The molecule has 168 valence electrons. The maximum atomic E-state index is 13.5. The van der Waals surface area contributed by atoms with Crippen LogP contribution >= 0.6 is 0 Å². The van der Waals surface area contributed by atoms with Crippen LogP contribution in [-0.4, -0.2) is 60.1 Å². The molecule has 7 heteroatoms. The summed E-state index contributed by atoms with van der Waals surface area (Å²) in [6.45, 7) is 1.44. The van der Waals surface area contributed by atoms with Crippen molar-refractivity contribution >= 4 is 17.4 Å². The number of hydrogen-bond acceptors (Lipinski definition) is 5. The molecule has 0 spiro atoms. The minimum atomic E-state index is -0.401. The molecule has 0 aromatic heterocycles. The number of likely N-dealkylation sites (tertiary alicyclic amines) is 1. The zero-order valence-electron chi connectivity index (χ0n) is 18.1. The predicted octanol–water partition coefficient (Wildman–Crippen LogP) is 2.86. The van der Waals surface area contributed by atoms with Gasteiger partial charge in [0.1, 0.15) is 17.3 Å². The Hall–Kier alpha value is -3.19. The third kappa shape index (κ3) is 4.39. The van der Waals surface area contributed by atoms with Crippen LogP contribution in [0.2, 0.25) is 0 Å². The molecular formula is C25H27FN2O4. The van der Waals surface area contributed by atoms with Gasteiger partial charge in [-0.05, 0) is 60.6 Å². The van der Waals surface area contributed by atoms with Crippen LogP contribution in [0.4, 0.5) is 4.39 Å². The molecule has 6 nitrogen and oxygen atoms in total. The van der Waals surface area contributed by atoms with Crippen LogP contribution in [0.25, 0.3) is 5.57 Å². The quantitative estimate of drug-likeness (QED) is 0.674. The molecule has 2 aromatic rings. The monoisotopic (exact) mass is 438 g/mol. The third-order valence-corrected chi connectivity index (χ3v) is 6.15. The summed E-state index contributed by atoms with van der Waals surface area (Å²) < 4.78 is 18.7. The number of aliphatic hydroxyl groups is 1. The number of piperidine rings is 1. The Morgan fingerprint density at radius 2 is 1.78 bits per heavy atom. The van der Waals surface area contributed by atoms with Crippen molar-refractivity contribution in [2.24, 2.45) is 5.92 Å². The standard InChI is InChI=1S/C25H27FN2O4/c1-32-21-10-4-17(5-11-21)12-14-28-24(30)22(19-6-8-20(26)9-7-19)23(25(28)31)27-13-2-3-18(15-27)16-29/h4-11,18,29H,2-3,12-16H2,1H3. The van der Waals surface area contributed by atoms with E-state index in [4.69, 9.17) is 4.74 Å². The van der Waals surface area contributed by atoms with Gasteiger partial charge in [-0.3, -0.25) is 14.5 Å². The molecule has 1 saturated heterocycles. The number of benzene rings is 2. The molecule has 0 radical (unpaired) electrons. The van der Waals surface area contributed by atoms with Crippen molar-refractivity contribution in [3.63, 3.8) is 0 Å². The number of carbonyl (C=O) groups is 2. The van der Waals surface area contributed by atoms with Crippen molar-refractivity contribution in [3.05, 3.63) is 71.2 Å². The van der Waals surface area contributed by atoms with Crippen LogP contribution in [-0.2, 0) is 16.0 Å². The van der Waals surface area contributed by atoms with Crippen molar-refractivity contribution in [2.75, 3.05) is 33.4 Å². The Bertz CT molecular complexity index is 1020. The molecule has 0 aliphatic carbocycles. The SMILES string of the molecule is COc1ccc(CCN2C(=O)C(c3ccc(F)cc3)=C(N3CCCC(CO)C3)C2=O)cc1. The summed E-state index contributed by atoms with van der Waals surface area (Å²) >= 11 is 0. The molecule has 1 atom stereocenters. The van der Waals surface area contributed by atoms with Crippen LogP contribution in [0, 0.1) is 11.7 Å². The first-order chi connectivity index (χ1) is 15.5. The average Bonchev–Trinajstić information content (AvgIpc) is 3.08. The van der Waals surface area contributed by atoms with E-state index in [1.54, 1.807) is 7.11 Å². The second-order valence-electron chi connectivity index (χ2n) is 8.23. The Labute approximate surface area is 186 Å². The van der Waals surface area contributed by atoms with E-state index in [2.05, 4.69) is 0 Å². The Balaban J connectivity index is 1.62. The first kappa shape index (κ1) is 22.0. The molecule has 1 fully saturated rings. The van der Waals surface area contributed by atoms with Crippen LogP contribution in [0.5, 0.6) is 5.75 Å². The number of rotatable bonds is 7. The first-order valence-electron chi connectivity index (χ1n) is 10.9. The molecule has 2 aliphatic heterocycles. The Morgan fingerprint density at radius 3 is 2.44 bits per heavy atom. The van der Waals surface area contributed by atoms with E-state index in [9.17, 15) is 19.1 Å². The second kappa shape index (κ2) is 9.53. The van der Waals surface area contributed by atoms with Crippen LogP contribution in [0.1, 0.15) is 24.0 Å². The Morgan fingerprint density at radius 1 is 1.06 bits per heavy atom. The molecule has 1 unspecified atom stereocenters. The predicted molar refractivity (Wildman–Crippen MR) is 118 cm³/mol. The lowest BCUT2D eigenvalue weighted by atomic mass is 9.97. The molecule has 2 heterocycles. The summed E-state index contributed by atoms with van der Waals surface area (Å²) in [6, 6.07) is 13.2. The number of hydrogen-bond donors (Lipinski definition) is 1. The van der Waals surface area contributed by atoms with Crippen LogP contribution in [0.3, 0.4) is 0 Å². The van der Waals surface area contributed by atoms with Crippen molar-refractivity contribution in [2.45, 2.75) is 19.3 Å². The highest BCUT2D eigenvalue weighted by atomic mass is 19.1. The average molecular weight is 438 g/mol. The number of carbonyl (C=O) groups excluding carboxylic acids is 2. The lowest BCUT2D eigenvalue weighted by Gasteiger charge is -2.34. The highest BCUT2D eigenvalue weighted by Gasteiger charge is 2.42. The van der Waals surface area contributed by atoms with Crippen molar-refractivity contribution in [1.82, 2.24) is 9.80 Å². The largest absolute Gasteiger partial charge is 0.497 e. The fraction of sp³-hybridized carbons (Fsp3) is 0.360. The molecule has 0 bridgehead atoms. The van der Waals surface area contributed by atoms with E-state index in [1.165, 1.54) is 29.2 Å².